The molecule has 0 aliphatic carbocycles. The molecule has 1 heterocycles. The van der Waals surface area contributed by atoms with Crippen LogP contribution in [0.3, 0.4) is 0 Å². The van der Waals surface area contributed by atoms with Gasteiger partial charge in [-0.05, 0) is 13.3 Å². The number of rotatable bonds is 2. The lowest BCUT2D eigenvalue weighted by Gasteiger charge is -2.17. The molecule has 1 aliphatic rings. The van der Waals surface area contributed by atoms with Gasteiger partial charge in [0, 0.05) is 0 Å². The second-order valence-electron chi connectivity index (χ2n) is 2.75. The Morgan fingerprint density at radius 1 is 2.00 bits per heavy atom. The van der Waals surface area contributed by atoms with E-state index >= 15 is 0 Å². The number of hydrogen-bond acceptors (Lipinski definition) is 2. The summed E-state index contributed by atoms with van der Waals surface area (Å²) in [6, 6.07) is 0. The summed E-state index contributed by atoms with van der Waals surface area (Å²) in [5, 5.41) is 2.70. The van der Waals surface area contributed by atoms with Crippen LogP contribution in [0, 0.1) is 0 Å². The Labute approximate surface area is 60.1 Å². The fraction of sp³-hybridized carbons (Fsp3) is 0.571. The van der Waals surface area contributed by atoms with Crippen LogP contribution in [-0.2, 0) is 4.74 Å². The molecule has 0 aromatic rings. The van der Waals surface area contributed by atoms with Crippen molar-refractivity contribution in [2.24, 2.45) is 0 Å². The molecule has 10 heavy (non-hydrogen) atoms. The zero-order chi connectivity index (χ0) is 7.61. The molecule has 1 amide bonds. The maximum Gasteiger partial charge on any atom is 0.407 e. The number of carbonyl (C=O) groups is 1. The largest absolute Gasteiger partial charge is 0.447 e. The molecule has 1 rings (SSSR count). The minimum absolute atomic E-state index is 0.223. The van der Waals surface area contributed by atoms with Crippen molar-refractivity contribution in [1.29, 1.82) is 0 Å². The SMILES string of the molecule is C=CCC1(C)COC(=O)N1. The second-order valence-corrected chi connectivity index (χ2v) is 2.75. The highest BCUT2D eigenvalue weighted by atomic mass is 16.6. The molecule has 56 valence electrons. The Hall–Kier alpha value is -0.990. The van der Waals surface area contributed by atoms with Gasteiger partial charge in [-0.25, -0.2) is 4.79 Å². The smallest absolute Gasteiger partial charge is 0.407 e. The predicted octanol–water partition coefficient (Wildman–Crippen LogP) is 1.06. The van der Waals surface area contributed by atoms with E-state index in [4.69, 9.17) is 4.74 Å². The zero-order valence-corrected chi connectivity index (χ0v) is 6.02. The molecule has 3 heteroatoms. The minimum Gasteiger partial charge on any atom is -0.447 e. The first kappa shape index (κ1) is 7.12. The molecular weight excluding hydrogens is 130 g/mol. The van der Waals surface area contributed by atoms with E-state index < -0.39 is 0 Å². The minimum atomic E-state index is -0.329. The van der Waals surface area contributed by atoms with Crippen LogP contribution in [0.2, 0.25) is 0 Å². The molecule has 1 atom stereocenters. The molecule has 0 aromatic heterocycles. The van der Waals surface area contributed by atoms with Gasteiger partial charge in [-0.15, -0.1) is 6.58 Å². The third-order valence-electron chi connectivity index (χ3n) is 1.52. The number of carbonyl (C=O) groups excluding carboxylic acids is 1. The molecule has 0 radical (unpaired) electrons. The van der Waals surface area contributed by atoms with Gasteiger partial charge in [-0.3, -0.25) is 0 Å². The molecule has 1 N–H and O–H groups in total. The lowest BCUT2D eigenvalue weighted by Crippen LogP contribution is -2.39. The summed E-state index contributed by atoms with van der Waals surface area (Å²) in [7, 11) is 0. The van der Waals surface area contributed by atoms with E-state index in [2.05, 4.69) is 11.9 Å². The number of hydrogen-bond donors (Lipinski definition) is 1. The van der Waals surface area contributed by atoms with Crippen LogP contribution in [-0.4, -0.2) is 18.2 Å². The van der Waals surface area contributed by atoms with Crippen LogP contribution in [0.4, 0.5) is 4.79 Å². The van der Waals surface area contributed by atoms with Crippen molar-refractivity contribution in [1.82, 2.24) is 5.32 Å². The number of ether oxygens (including phenoxy) is 1. The average Bonchev–Trinajstić information content (AvgIpc) is 2.12. The summed E-state index contributed by atoms with van der Waals surface area (Å²) >= 11 is 0. The molecule has 1 fully saturated rings. The third kappa shape index (κ3) is 1.29. The van der Waals surface area contributed by atoms with Crippen LogP contribution < -0.4 is 5.32 Å². The first-order valence-corrected chi connectivity index (χ1v) is 3.22. The summed E-state index contributed by atoms with van der Waals surface area (Å²) in [6.45, 7) is 5.96. The molecular formula is C7H11NO2. The predicted molar refractivity (Wildman–Crippen MR) is 37.7 cm³/mol. The van der Waals surface area contributed by atoms with Crippen LogP contribution in [0.15, 0.2) is 12.7 Å². The van der Waals surface area contributed by atoms with Crippen molar-refractivity contribution < 1.29 is 9.53 Å². The molecule has 1 aliphatic heterocycles. The lowest BCUT2D eigenvalue weighted by molar-refractivity contribution is 0.173. The van der Waals surface area contributed by atoms with E-state index in [1.54, 1.807) is 6.08 Å². The van der Waals surface area contributed by atoms with Gasteiger partial charge in [0.15, 0.2) is 0 Å². The number of amides is 1. The van der Waals surface area contributed by atoms with Gasteiger partial charge in [0.1, 0.15) is 6.61 Å². The maximum absolute atomic E-state index is 10.6. The van der Waals surface area contributed by atoms with E-state index in [9.17, 15) is 4.79 Å². The quantitative estimate of drug-likeness (QED) is 0.584. The van der Waals surface area contributed by atoms with Crippen LogP contribution in [0.5, 0.6) is 0 Å². The first-order valence-electron chi connectivity index (χ1n) is 3.22. The molecule has 0 spiro atoms. The Balaban J connectivity index is 2.53. The van der Waals surface area contributed by atoms with E-state index in [0.29, 0.717) is 6.61 Å². The molecule has 1 unspecified atom stereocenters. The monoisotopic (exact) mass is 141 g/mol. The third-order valence-corrected chi connectivity index (χ3v) is 1.52. The van der Waals surface area contributed by atoms with Crippen LogP contribution in [0.25, 0.3) is 0 Å². The van der Waals surface area contributed by atoms with Gasteiger partial charge in [-0.2, -0.15) is 0 Å². The van der Waals surface area contributed by atoms with E-state index in [-0.39, 0.29) is 11.6 Å². The summed E-state index contributed by atoms with van der Waals surface area (Å²) in [6.07, 6.45) is 2.19. The average molecular weight is 141 g/mol. The van der Waals surface area contributed by atoms with Gasteiger partial charge in [-0.1, -0.05) is 6.08 Å². The second kappa shape index (κ2) is 2.33. The van der Waals surface area contributed by atoms with Crippen molar-refractivity contribution in [3.05, 3.63) is 12.7 Å². The van der Waals surface area contributed by atoms with Crippen molar-refractivity contribution in [3.63, 3.8) is 0 Å². The van der Waals surface area contributed by atoms with Crippen molar-refractivity contribution in [3.8, 4) is 0 Å². The highest BCUT2D eigenvalue weighted by Gasteiger charge is 2.33. The van der Waals surface area contributed by atoms with Gasteiger partial charge in [0.2, 0.25) is 0 Å². The normalized spacial score (nSPS) is 31.1. The van der Waals surface area contributed by atoms with Crippen molar-refractivity contribution in [2.45, 2.75) is 18.9 Å². The fourth-order valence-electron chi connectivity index (χ4n) is 0.972. The summed E-state index contributed by atoms with van der Waals surface area (Å²) in [5.74, 6) is 0. The molecule has 3 nitrogen and oxygen atoms in total. The Bertz CT molecular complexity index is 167. The summed E-state index contributed by atoms with van der Waals surface area (Å²) < 4.78 is 4.72. The number of nitrogens with one attached hydrogen (secondary N) is 1. The number of alkyl carbamates (subject to hydrolysis) is 1. The van der Waals surface area contributed by atoms with E-state index in [1.807, 2.05) is 6.92 Å². The van der Waals surface area contributed by atoms with Crippen LogP contribution >= 0.6 is 0 Å². The molecule has 1 saturated heterocycles. The van der Waals surface area contributed by atoms with Gasteiger partial charge in [0.05, 0.1) is 5.54 Å². The van der Waals surface area contributed by atoms with Crippen molar-refractivity contribution >= 4 is 6.09 Å². The molecule has 0 bridgehead atoms. The van der Waals surface area contributed by atoms with E-state index in [0.717, 1.165) is 6.42 Å². The topological polar surface area (TPSA) is 38.3 Å². The Morgan fingerprint density at radius 2 is 2.70 bits per heavy atom. The Kier molecular flexibility index (Phi) is 1.66. The molecule has 0 aromatic carbocycles. The maximum atomic E-state index is 10.6. The highest BCUT2D eigenvalue weighted by Crippen LogP contribution is 2.15. The first-order chi connectivity index (χ1) is 4.66. The van der Waals surface area contributed by atoms with Gasteiger partial charge >= 0.3 is 6.09 Å². The Morgan fingerprint density at radius 3 is 3.10 bits per heavy atom. The zero-order valence-electron chi connectivity index (χ0n) is 6.02. The van der Waals surface area contributed by atoms with Gasteiger partial charge in [0.25, 0.3) is 0 Å². The van der Waals surface area contributed by atoms with Crippen molar-refractivity contribution in [2.75, 3.05) is 6.61 Å². The standard InChI is InChI=1S/C7H11NO2/c1-3-4-7(2)5-10-6(9)8-7/h3H,1,4-5H2,2H3,(H,8,9). The van der Waals surface area contributed by atoms with E-state index in [1.165, 1.54) is 0 Å². The highest BCUT2D eigenvalue weighted by molar-refractivity contribution is 5.70. The summed E-state index contributed by atoms with van der Waals surface area (Å²) in [4.78, 5) is 10.6. The summed E-state index contributed by atoms with van der Waals surface area (Å²) in [5.41, 5.74) is -0.223. The van der Waals surface area contributed by atoms with Gasteiger partial charge < -0.3 is 10.1 Å². The number of cyclic esters (lactones) is 1. The fourth-order valence-corrected chi connectivity index (χ4v) is 0.972. The van der Waals surface area contributed by atoms with Crippen LogP contribution in [0.1, 0.15) is 13.3 Å². The lowest BCUT2D eigenvalue weighted by atomic mass is 10.0. The molecule has 0 saturated carbocycles.